The van der Waals surface area contributed by atoms with Gasteiger partial charge in [-0.05, 0) is 42.9 Å². The number of rotatable bonds is 9. The second kappa shape index (κ2) is 10.4. The first kappa shape index (κ1) is 23.3. The summed E-state index contributed by atoms with van der Waals surface area (Å²) in [7, 11) is 0. The smallest absolute Gasteiger partial charge is 0.314 e. The molecule has 2 amide bonds. The lowest BCUT2D eigenvalue weighted by Gasteiger charge is -2.38. The van der Waals surface area contributed by atoms with E-state index < -0.39 is 12.3 Å². The number of aromatic nitrogens is 2. The summed E-state index contributed by atoms with van der Waals surface area (Å²) in [5.41, 5.74) is 1.88. The predicted octanol–water partition coefficient (Wildman–Crippen LogP) is 4.89. The lowest BCUT2D eigenvalue weighted by Crippen LogP contribution is -2.46. The third-order valence-corrected chi connectivity index (χ3v) is 6.65. The van der Waals surface area contributed by atoms with Crippen molar-refractivity contribution in [3.63, 3.8) is 0 Å². The van der Waals surface area contributed by atoms with Crippen molar-refractivity contribution in [2.45, 2.75) is 77.3 Å². The van der Waals surface area contributed by atoms with Gasteiger partial charge in [0.2, 0.25) is 11.8 Å². The third kappa shape index (κ3) is 5.23. The van der Waals surface area contributed by atoms with Gasteiger partial charge in [0.15, 0.2) is 0 Å². The number of carbonyl (C=O) groups is 2. The number of fused-ring (bicyclic) bond motifs is 1. The summed E-state index contributed by atoms with van der Waals surface area (Å²) in [6, 6.07) is 5.25. The van der Waals surface area contributed by atoms with E-state index in [-0.39, 0.29) is 29.7 Å². The van der Waals surface area contributed by atoms with Crippen LogP contribution in [0.5, 0.6) is 0 Å². The highest BCUT2D eigenvalue weighted by Crippen LogP contribution is 2.35. The van der Waals surface area contributed by atoms with E-state index in [2.05, 4.69) is 22.4 Å². The molecule has 2 aromatic rings. The van der Waals surface area contributed by atoms with E-state index in [1.54, 1.807) is 12.1 Å². The maximum atomic E-state index is 13.3. The standard InChI is InChI=1S/C24H30F2N4O3/c1-2-3-4-9-20(31)27-13-16-7-5-6-8-19(16)30-14-17-11-10-15(12-18(17)24(30)32)22-28-29-23(33-22)21(25)26/h10-12,16,19,21H,2-9,13-14H2,1H3,(H,27,31)/t16?,19-/m1/s1. The topological polar surface area (TPSA) is 88.3 Å². The van der Waals surface area contributed by atoms with E-state index in [0.717, 1.165) is 50.5 Å². The maximum Gasteiger partial charge on any atom is 0.314 e. The van der Waals surface area contributed by atoms with Crippen molar-refractivity contribution < 1.29 is 22.8 Å². The van der Waals surface area contributed by atoms with Crippen LogP contribution in [0.25, 0.3) is 11.5 Å². The van der Waals surface area contributed by atoms with E-state index in [9.17, 15) is 18.4 Å². The first-order valence-corrected chi connectivity index (χ1v) is 11.8. The Kier molecular flexibility index (Phi) is 7.35. The van der Waals surface area contributed by atoms with Crippen LogP contribution in [0.4, 0.5) is 8.78 Å². The van der Waals surface area contributed by atoms with Crippen LogP contribution in [-0.2, 0) is 11.3 Å². The van der Waals surface area contributed by atoms with Gasteiger partial charge in [-0.1, -0.05) is 38.7 Å². The summed E-state index contributed by atoms with van der Waals surface area (Å²) in [6.45, 7) is 3.20. The monoisotopic (exact) mass is 460 g/mol. The zero-order chi connectivity index (χ0) is 23.4. The van der Waals surface area contributed by atoms with E-state index in [1.807, 2.05) is 11.0 Å². The molecule has 33 heavy (non-hydrogen) atoms. The molecule has 178 valence electrons. The van der Waals surface area contributed by atoms with E-state index in [0.29, 0.717) is 30.6 Å². The van der Waals surface area contributed by atoms with Gasteiger partial charge < -0.3 is 14.6 Å². The SMILES string of the molecule is CCCCCC(=O)NCC1CCCC[C@H]1N1Cc2ccc(-c3nnc(C(F)F)o3)cc2C1=O. The van der Waals surface area contributed by atoms with Gasteiger partial charge in [0.25, 0.3) is 11.8 Å². The molecule has 0 saturated heterocycles. The Hall–Kier alpha value is -2.84. The largest absolute Gasteiger partial charge is 0.415 e. The summed E-state index contributed by atoms with van der Waals surface area (Å²) in [4.78, 5) is 27.4. The van der Waals surface area contributed by atoms with Gasteiger partial charge >= 0.3 is 6.43 Å². The average Bonchev–Trinajstić information content (AvgIpc) is 3.43. The maximum absolute atomic E-state index is 13.3. The molecule has 0 bridgehead atoms. The molecule has 1 aliphatic heterocycles. The minimum atomic E-state index is -2.84. The number of alkyl halides is 2. The number of nitrogens with zero attached hydrogens (tertiary/aromatic N) is 3. The lowest BCUT2D eigenvalue weighted by atomic mass is 9.83. The molecule has 2 atom stereocenters. The summed E-state index contributed by atoms with van der Waals surface area (Å²) in [6.07, 6.45) is 4.77. The molecule has 1 saturated carbocycles. The molecule has 4 rings (SSSR count). The Balaban J connectivity index is 1.44. The van der Waals surface area contributed by atoms with Crippen LogP contribution < -0.4 is 5.32 Å². The van der Waals surface area contributed by atoms with Crippen molar-refractivity contribution in [3.05, 3.63) is 35.2 Å². The highest BCUT2D eigenvalue weighted by Gasteiger charge is 2.38. The average molecular weight is 461 g/mol. The number of halogens is 2. The van der Waals surface area contributed by atoms with Gasteiger partial charge in [0.1, 0.15) is 0 Å². The fourth-order valence-corrected chi connectivity index (χ4v) is 4.87. The molecule has 0 spiro atoms. The zero-order valence-electron chi connectivity index (χ0n) is 18.9. The third-order valence-electron chi connectivity index (χ3n) is 6.65. The number of benzene rings is 1. The first-order chi connectivity index (χ1) is 16.0. The van der Waals surface area contributed by atoms with Crippen molar-refractivity contribution in [1.82, 2.24) is 20.4 Å². The van der Waals surface area contributed by atoms with Crippen LogP contribution >= 0.6 is 0 Å². The lowest BCUT2D eigenvalue weighted by molar-refractivity contribution is -0.121. The molecule has 1 fully saturated rings. The van der Waals surface area contributed by atoms with Gasteiger partial charge in [-0.15, -0.1) is 10.2 Å². The Morgan fingerprint density at radius 3 is 2.82 bits per heavy atom. The van der Waals surface area contributed by atoms with Crippen molar-refractivity contribution in [2.75, 3.05) is 6.54 Å². The van der Waals surface area contributed by atoms with Crippen LogP contribution in [-0.4, -0.2) is 39.5 Å². The first-order valence-electron chi connectivity index (χ1n) is 11.8. The summed E-state index contributed by atoms with van der Waals surface area (Å²) in [5.74, 6) is -0.542. The van der Waals surface area contributed by atoms with Crippen molar-refractivity contribution in [2.24, 2.45) is 5.92 Å². The molecule has 2 aliphatic rings. The fourth-order valence-electron chi connectivity index (χ4n) is 4.87. The number of nitrogens with one attached hydrogen (secondary N) is 1. The van der Waals surface area contributed by atoms with Crippen LogP contribution in [0.2, 0.25) is 0 Å². The second-order valence-corrected chi connectivity index (χ2v) is 8.92. The Morgan fingerprint density at radius 1 is 1.24 bits per heavy atom. The highest BCUT2D eigenvalue weighted by atomic mass is 19.3. The number of unbranched alkanes of at least 4 members (excludes halogenated alkanes) is 2. The Labute approximate surface area is 191 Å². The van der Waals surface area contributed by atoms with E-state index in [1.165, 1.54) is 0 Å². The molecular weight excluding hydrogens is 430 g/mol. The van der Waals surface area contributed by atoms with Gasteiger partial charge in [-0.25, -0.2) is 0 Å². The molecule has 0 radical (unpaired) electrons. The van der Waals surface area contributed by atoms with Gasteiger partial charge in [-0.2, -0.15) is 8.78 Å². The Morgan fingerprint density at radius 2 is 2.06 bits per heavy atom. The molecule has 1 N–H and O–H groups in total. The second-order valence-electron chi connectivity index (χ2n) is 8.92. The molecule has 1 aromatic carbocycles. The van der Waals surface area contributed by atoms with Crippen LogP contribution in [0.15, 0.2) is 22.6 Å². The van der Waals surface area contributed by atoms with E-state index >= 15 is 0 Å². The van der Waals surface area contributed by atoms with Crippen molar-refractivity contribution >= 4 is 11.8 Å². The minimum Gasteiger partial charge on any atom is -0.415 e. The fraction of sp³-hybridized carbons (Fsp3) is 0.583. The number of hydrogen-bond donors (Lipinski definition) is 1. The number of hydrogen-bond acceptors (Lipinski definition) is 5. The van der Waals surface area contributed by atoms with Crippen LogP contribution in [0, 0.1) is 5.92 Å². The van der Waals surface area contributed by atoms with Gasteiger partial charge in [0, 0.05) is 36.7 Å². The highest BCUT2D eigenvalue weighted by molar-refractivity contribution is 5.99. The Bertz CT molecular complexity index is 994. The van der Waals surface area contributed by atoms with Crippen molar-refractivity contribution in [3.8, 4) is 11.5 Å². The summed E-state index contributed by atoms with van der Waals surface area (Å²) >= 11 is 0. The summed E-state index contributed by atoms with van der Waals surface area (Å²) < 4.78 is 30.6. The molecular formula is C24H30F2N4O3. The molecule has 1 aliphatic carbocycles. The number of amides is 2. The quantitative estimate of drug-likeness (QED) is 0.539. The van der Waals surface area contributed by atoms with E-state index in [4.69, 9.17) is 4.42 Å². The zero-order valence-corrected chi connectivity index (χ0v) is 18.9. The molecule has 1 aromatic heterocycles. The minimum absolute atomic E-state index is 0.0271. The molecule has 9 heteroatoms. The molecule has 1 unspecified atom stereocenters. The number of carbonyl (C=O) groups excluding carboxylic acids is 2. The van der Waals surface area contributed by atoms with Crippen molar-refractivity contribution in [1.29, 1.82) is 0 Å². The van der Waals surface area contributed by atoms with Gasteiger partial charge in [-0.3, -0.25) is 9.59 Å². The molecule has 2 heterocycles. The molecule has 7 nitrogen and oxygen atoms in total. The van der Waals surface area contributed by atoms with Crippen LogP contribution in [0.3, 0.4) is 0 Å². The van der Waals surface area contributed by atoms with Gasteiger partial charge in [0.05, 0.1) is 0 Å². The van der Waals surface area contributed by atoms with Crippen LogP contribution in [0.1, 0.15) is 86.5 Å². The summed E-state index contributed by atoms with van der Waals surface area (Å²) in [5, 5.41) is 10.1. The predicted molar refractivity (Wildman–Crippen MR) is 117 cm³/mol. The normalized spacial score (nSPS) is 20.4.